The highest BCUT2D eigenvalue weighted by atomic mass is 79.9. The maximum Gasteiger partial charge on any atom is 0.170 e. The van der Waals surface area contributed by atoms with Crippen molar-refractivity contribution in [3.8, 4) is 10.7 Å². The summed E-state index contributed by atoms with van der Waals surface area (Å²) in [5.41, 5.74) is 2.13. The van der Waals surface area contributed by atoms with Crippen LogP contribution < -0.4 is 0 Å². The number of aryl methyl sites for hydroxylation is 1. The molecule has 0 radical (unpaired) electrons. The number of aromatic nitrogens is 2. The van der Waals surface area contributed by atoms with Gasteiger partial charge in [0.15, 0.2) is 5.82 Å². The molecule has 2 aromatic heterocycles. The van der Waals surface area contributed by atoms with Crippen LogP contribution in [0, 0.1) is 13.8 Å². The molecule has 2 heterocycles. The van der Waals surface area contributed by atoms with Crippen molar-refractivity contribution in [2.45, 2.75) is 13.8 Å². The van der Waals surface area contributed by atoms with Gasteiger partial charge >= 0.3 is 0 Å². The Morgan fingerprint density at radius 2 is 2.07 bits per heavy atom. The lowest BCUT2D eigenvalue weighted by Gasteiger charge is -2.03. The summed E-state index contributed by atoms with van der Waals surface area (Å²) in [6.07, 6.45) is 0. The summed E-state index contributed by atoms with van der Waals surface area (Å²) in [7, 11) is 0. The molecule has 2 nitrogen and oxygen atoms in total. The fourth-order valence-electron chi connectivity index (χ4n) is 1.11. The van der Waals surface area contributed by atoms with E-state index in [1.807, 2.05) is 31.4 Å². The average molecular weight is 269 g/mol. The third kappa shape index (κ3) is 1.72. The van der Waals surface area contributed by atoms with Crippen molar-refractivity contribution >= 4 is 27.3 Å². The fraction of sp³-hybridized carbons (Fsp3) is 0.200. The highest BCUT2D eigenvalue weighted by Gasteiger charge is 2.07. The Bertz CT molecular complexity index is 428. The van der Waals surface area contributed by atoms with Crippen molar-refractivity contribution in [2.24, 2.45) is 0 Å². The Morgan fingerprint density at radius 3 is 2.64 bits per heavy atom. The van der Waals surface area contributed by atoms with Gasteiger partial charge in [-0.1, -0.05) is 6.07 Å². The molecule has 0 saturated carbocycles. The molecule has 0 N–H and O–H groups in total. The number of nitrogens with zero attached hydrogens (tertiary/aromatic N) is 2. The molecule has 0 aromatic carbocycles. The van der Waals surface area contributed by atoms with Crippen LogP contribution in [0.1, 0.15) is 11.3 Å². The van der Waals surface area contributed by atoms with E-state index in [1.54, 1.807) is 11.3 Å². The van der Waals surface area contributed by atoms with Crippen LogP contribution in [0.4, 0.5) is 0 Å². The van der Waals surface area contributed by atoms with E-state index in [1.165, 1.54) is 0 Å². The van der Waals surface area contributed by atoms with Gasteiger partial charge in [0.2, 0.25) is 0 Å². The van der Waals surface area contributed by atoms with Crippen LogP contribution >= 0.6 is 27.3 Å². The summed E-state index contributed by atoms with van der Waals surface area (Å²) in [6, 6.07) is 4.04. The second-order valence-electron chi connectivity index (χ2n) is 3.03. The highest BCUT2D eigenvalue weighted by Crippen LogP contribution is 2.24. The quantitative estimate of drug-likeness (QED) is 0.739. The second-order valence-corrected chi connectivity index (χ2v) is 4.72. The minimum absolute atomic E-state index is 0.801. The summed E-state index contributed by atoms with van der Waals surface area (Å²) in [6.45, 7) is 4.01. The summed E-state index contributed by atoms with van der Waals surface area (Å²) in [5, 5.41) is 2.03. The third-order valence-electron chi connectivity index (χ3n) is 2.07. The summed E-state index contributed by atoms with van der Waals surface area (Å²) < 4.78 is 0.883. The number of rotatable bonds is 1. The number of hydrogen-bond donors (Lipinski definition) is 0. The van der Waals surface area contributed by atoms with Crippen LogP contribution in [0.5, 0.6) is 0 Å². The molecule has 0 aliphatic rings. The zero-order valence-electron chi connectivity index (χ0n) is 7.91. The van der Waals surface area contributed by atoms with Crippen LogP contribution in [0.2, 0.25) is 0 Å². The maximum atomic E-state index is 4.45. The zero-order valence-corrected chi connectivity index (χ0v) is 10.3. The predicted molar refractivity (Wildman–Crippen MR) is 62.5 cm³/mol. The smallest absolute Gasteiger partial charge is 0.170 e. The van der Waals surface area contributed by atoms with E-state index < -0.39 is 0 Å². The van der Waals surface area contributed by atoms with E-state index in [2.05, 4.69) is 25.9 Å². The summed E-state index contributed by atoms with van der Waals surface area (Å²) in [5.74, 6) is 0.801. The molecule has 14 heavy (non-hydrogen) atoms. The number of hydrogen-bond acceptors (Lipinski definition) is 3. The van der Waals surface area contributed by atoms with Gasteiger partial charge in [-0.3, -0.25) is 0 Å². The van der Waals surface area contributed by atoms with E-state index in [9.17, 15) is 0 Å². The van der Waals surface area contributed by atoms with E-state index in [4.69, 9.17) is 0 Å². The molecule has 4 heteroatoms. The lowest BCUT2D eigenvalue weighted by Crippen LogP contribution is -1.95. The molecular formula is C10H9BrN2S. The van der Waals surface area contributed by atoms with Crippen LogP contribution in [-0.2, 0) is 0 Å². The van der Waals surface area contributed by atoms with Crippen LogP contribution in [-0.4, -0.2) is 9.97 Å². The minimum atomic E-state index is 0.801. The first-order chi connectivity index (χ1) is 6.68. The van der Waals surface area contributed by atoms with Crippen LogP contribution in [0.15, 0.2) is 22.1 Å². The Hall–Kier alpha value is -0.740. The molecule has 72 valence electrons. The molecule has 0 unspecified atom stereocenters. The van der Waals surface area contributed by atoms with Gasteiger partial charge in [0.05, 0.1) is 4.88 Å². The van der Waals surface area contributed by atoms with Crippen molar-refractivity contribution in [2.75, 3.05) is 0 Å². The minimum Gasteiger partial charge on any atom is -0.232 e. The third-order valence-corrected chi connectivity index (χ3v) is 3.71. The Kier molecular flexibility index (Phi) is 2.65. The van der Waals surface area contributed by atoms with Crippen LogP contribution in [0.25, 0.3) is 10.7 Å². The lowest BCUT2D eigenvalue weighted by atomic mass is 10.3. The Morgan fingerprint density at radius 1 is 1.29 bits per heavy atom. The standard InChI is InChI=1S/C10H9BrN2S/c1-6-7(2)12-10(13-9(6)11)8-4-3-5-14-8/h3-5H,1-2H3. The molecule has 0 aliphatic heterocycles. The van der Waals surface area contributed by atoms with E-state index in [-0.39, 0.29) is 0 Å². The monoisotopic (exact) mass is 268 g/mol. The Labute approximate surface area is 95.2 Å². The molecule has 2 aromatic rings. The lowest BCUT2D eigenvalue weighted by molar-refractivity contribution is 1.05. The molecule has 0 saturated heterocycles. The predicted octanol–water partition coefficient (Wildman–Crippen LogP) is 3.58. The molecular weight excluding hydrogens is 260 g/mol. The van der Waals surface area contributed by atoms with Crippen molar-refractivity contribution in [3.63, 3.8) is 0 Å². The normalized spacial score (nSPS) is 10.5. The molecule has 0 fully saturated rings. The number of halogens is 1. The van der Waals surface area contributed by atoms with Gasteiger partial charge in [0.1, 0.15) is 4.60 Å². The van der Waals surface area contributed by atoms with Crippen molar-refractivity contribution in [3.05, 3.63) is 33.4 Å². The van der Waals surface area contributed by atoms with Crippen molar-refractivity contribution in [1.29, 1.82) is 0 Å². The van der Waals surface area contributed by atoms with E-state index >= 15 is 0 Å². The van der Waals surface area contributed by atoms with Crippen molar-refractivity contribution in [1.82, 2.24) is 9.97 Å². The zero-order chi connectivity index (χ0) is 10.1. The number of thiophene rings is 1. The molecule has 2 rings (SSSR count). The van der Waals surface area contributed by atoms with Gasteiger partial charge in [-0.05, 0) is 41.2 Å². The average Bonchev–Trinajstić information content (AvgIpc) is 2.66. The highest BCUT2D eigenvalue weighted by molar-refractivity contribution is 9.10. The summed E-state index contributed by atoms with van der Waals surface area (Å²) in [4.78, 5) is 9.94. The van der Waals surface area contributed by atoms with Gasteiger partial charge in [0.25, 0.3) is 0 Å². The van der Waals surface area contributed by atoms with Gasteiger partial charge < -0.3 is 0 Å². The molecule has 0 atom stereocenters. The molecule has 0 spiro atoms. The summed E-state index contributed by atoms with van der Waals surface area (Å²) >= 11 is 5.09. The fourth-order valence-corrected chi connectivity index (χ4v) is 2.22. The van der Waals surface area contributed by atoms with E-state index in [0.717, 1.165) is 26.6 Å². The first kappa shape index (κ1) is 9.80. The van der Waals surface area contributed by atoms with Crippen LogP contribution in [0.3, 0.4) is 0 Å². The van der Waals surface area contributed by atoms with Gasteiger partial charge in [-0.25, -0.2) is 9.97 Å². The van der Waals surface area contributed by atoms with Crippen molar-refractivity contribution < 1.29 is 0 Å². The topological polar surface area (TPSA) is 25.8 Å². The maximum absolute atomic E-state index is 4.45. The molecule has 0 aliphatic carbocycles. The first-order valence-electron chi connectivity index (χ1n) is 4.23. The first-order valence-corrected chi connectivity index (χ1v) is 5.90. The van der Waals surface area contributed by atoms with Gasteiger partial charge in [0, 0.05) is 11.3 Å². The SMILES string of the molecule is Cc1nc(-c2cccs2)nc(Br)c1C. The van der Waals surface area contributed by atoms with E-state index in [0.29, 0.717) is 0 Å². The molecule has 0 bridgehead atoms. The molecule has 0 amide bonds. The second kappa shape index (κ2) is 3.79. The Balaban J connectivity index is 2.57. The van der Waals surface area contributed by atoms with Gasteiger partial charge in [-0.15, -0.1) is 11.3 Å². The largest absolute Gasteiger partial charge is 0.232 e. The van der Waals surface area contributed by atoms with Gasteiger partial charge in [-0.2, -0.15) is 0 Å².